The lowest BCUT2D eigenvalue weighted by Gasteiger charge is -1.99. The molecule has 1 aromatic heterocycles. The van der Waals surface area contributed by atoms with E-state index < -0.39 is 5.62 Å². The summed E-state index contributed by atoms with van der Waals surface area (Å²) in [6.07, 6.45) is 0. The van der Waals surface area contributed by atoms with Gasteiger partial charge in [0.05, 0.1) is 0 Å². The highest BCUT2D eigenvalue weighted by molar-refractivity contribution is 5.23. The number of aromatic nitrogens is 3. The van der Waals surface area contributed by atoms with Gasteiger partial charge < -0.3 is 16.7 Å². The minimum atomic E-state index is -0.440. The lowest BCUT2D eigenvalue weighted by Crippen LogP contribution is -2.26. The highest BCUT2D eigenvalue weighted by Gasteiger charge is 1.98. The first-order chi connectivity index (χ1) is 4.61. The van der Waals surface area contributed by atoms with Gasteiger partial charge in [-0.15, -0.1) is 4.73 Å². The van der Waals surface area contributed by atoms with Crippen LogP contribution in [0.4, 0.5) is 11.9 Å². The average molecular weight is 142 g/mol. The Morgan fingerprint density at radius 2 is 2.00 bits per heavy atom. The molecular weight excluding hydrogens is 136 g/mol. The van der Waals surface area contributed by atoms with Crippen LogP contribution in [0.1, 0.15) is 0 Å². The zero-order valence-corrected chi connectivity index (χ0v) is 4.94. The molecule has 0 aromatic carbocycles. The Morgan fingerprint density at radius 3 is 2.50 bits per heavy atom. The van der Waals surface area contributed by atoms with Gasteiger partial charge in [-0.25, -0.2) is 0 Å². The van der Waals surface area contributed by atoms with Gasteiger partial charge in [0.25, 0.3) is 5.62 Å². The number of hydrogen-bond donors (Lipinski definition) is 4. The van der Waals surface area contributed by atoms with Gasteiger partial charge in [-0.1, -0.05) is 0 Å². The molecule has 54 valence electrons. The van der Waals surface area contributed by atoms with E-state index in [9.17, 15) is 0 Å². The van der Waals surface area contributed by atoms with E-state index in [-0.39, 0.29) is 11.9 Å². The Labute approximate surface area is 55.4 Å². The van der Waals surface area contributed by atoms with Crippen LogP contribution in [0.15, 0.2) is 0 Å². The first-order valence-electron chi connectivity index (χ1n) is 2.37. The first-order valence-corrected chi connectivity index (χ1v) is 2.37. The van der Waals surface area contributed by atoms with Gasteiger partial charge >= 0.3 is 0 Å². The zero-order chi connectivity index (χ0) is 7.72. The van der Waals surface area contributed by atoms with Crippen molar-refractivity contribution in [3.05, 3.63) is 5.62 Å². The van der Waals surface area contributed by atoms with E-state index in [1.54, 1.807) is 0 Å². The normalized spacial score (nSPS) is 9.60. The molecule has 0 unspecified atom stereocenters. The van der Waals surface area contributed by atoms with Gasteiger partial charge in [0, 0.05) is 0 Å². The fourth-order valence-corrected chi connectivity index (χ4v) is 0.454. The largest absolute Gasteiger partial charge is 0.422 e. The molecule has 0 radical (unpaired) electrons. The van der Waals surface area contributed by atoms with Crippen molar-refractivity contribution < 1.29 is 5.21 Å². The summed E-state index contributed by atoms with van der Waals surface area (Å²) in [5.74, 6) is -0.384. The summed E-state index contributed by atoms with van der Waals surface area (Å²) in [7, 11) is 0. The fourth-order valence-electron chi connectivity index (χ4n) is 0.454. The molecule has 0 aliphatic carbocycles. The van der Waals surface area contributed by atoms with Crippen LogP contribution in [0.3, 0.4) is 0 Å². The van der Waals surface area contributed by atoms with Crippen LogP contribution in [0.25, 0.3) is 0 Å². The number of rotatable bonds is 0. The molecule has 7 nitrogen and oxygen atoms in total. The van der Waals surface area contributed by atoms with Crippen LogP contribution < -0.4 is 17.1 Å². The standard InChI is InChI=1S/C3H6N6O/c4-1-7-2(5)9(10)3(6)8-1/h10H,(H5,4,5,6,7,8). The van der Waals surface area contributed by atoms with E-state index in [2.05, 4.69) is 9.97 Å². The Kier molecular flexibility index (Phi) is 1.18. The molecule has 0 saturated heterocycles. The lowest BCUT2D eigenvalue weighted by molar-refractivity contribution is 0.168. The van der Waals surface area contributed by atoms with Gasteiger partial charge in [0.15, 0.2) is 0 Å². The van der Waals surface area contributed by atoms with E-state index >= 15 is 0 Å². The van der Waals surface area contributed by atoms with Crippen molar-refractivity contribution in [3.63, 3.8) is 0 Å². The van der Waals surface area contributed by atoms with Crippen LogP contribution in [-0.4, -0.2) is 19.9 Å². The predicted molar refractivity (Wildman–Crippen MR) is 31.9 cm³/mol. The summed E-state index contributed by atoms with van der Waals surface area (Å²) in [5, 5.41) is 15.7. The Morgan fingerprint density at radius 1 is 1.40 bits per heavy atom. The van der Waals surface area contributed by atoms with Gasteiger partial charge in [-0.3, -0.25) is 5.41 Å². The van der Waals surface area contributed by atoms with Crippen LogP contribution in [0.5, 0.6) is 0 Å². The van der Waals surface area contributed by atoms with Crippen LogP contribution >= 0.6 is 0 Å². The summed E-state index contributed by atoms with van der Waals surface area (Å²) in [6, 6.07) is 0. The SMILES string of the molecule is N=c1nc(N)nc(N)n1O. The van der Waals surface area contributed by atoms with Crippen molar-refractivity contribution >= 4 is 11.9 Å². The molecule has 7 heteroatoms. The average Bonchev–Trinajstić information content (AvgIpc) is 1.82. The highest BCUT2D eigenvalue weighted by Crippen LogP contribution is 1.89. The molecule has 6 N–H and O–H groups in total. The maximum absolute atomic E-state index is 8.75. The Bertz CT molecular complexity index is 302. The quantitative estimate of drug-likeness (QED) is 0.316. The van der Waals surface area contributed by atoms with Crippen molar-refractivity contribution in [2.75, 3.05) is 11.5 Å². The Hall–Kier alpha value is -1.79. The van der Waals surface area contributed by atoms with Crippen LogP contribution in [0, 0.1) is 5.41 Å². The van der Waals surface area contributed by atoms with Gasteiger partial charge in [0.1, 0.15) is 0 Å². The number of anilines is 2. The Balaban J connectivity index is 3.46. The number of hydrogen-bond acceptors (Lipinski definition) is 6. The number of nitrogens with one attached hydrogen (secondary N) is 1. The second-order valence-electron chi connectivity index (χ2n) is 1.58. The third kappa shape index (κ3) is 0.835. The first kappa shape index (κ1) is 6.33. The predicted octanol–water partition coefficient (Wildman–Crippen LogP) is -1.84. The zero-order valence-electron chi connectivity index (χ0n) is 4.94. The second kappa shape index (κ2) is 1.87. The monoisotopic (exact) mass is 142 g/mol. The van der Waals surface area contributed by atoms with Gasteiger partial charge in [-0.05, 0) is 0 Å². The summed E-state index contributed by atoms with van der Waals surface area (Å²) in [5.41, 5.74) is 9.73. The molecule has 0 amide bonds. The number of nitrogen functional groups attached to an aromatic ring is 2. The lowest BCUT2D eigenvalue weighted by atomic mass is 10.9. The van der Waals surface area contributed by atoms with Crippen LogP contribution in [-0.2, 0) is 0 Å². The van der Waals surface area contributed by atoms with Crippen LogP contribution in [0.2, 0.25) is 0 Å². The molecule has 0 fully saturated rings. The molecule has 0 atom stereocenters. The summed E-state index contributed by atoms with van der Waals surface area (Å²) >= 11 is 0. The van der Waals surface area contributed by atoms with E-state index in [0.717, 1.165) is 0 Å². The minimum Gasteiger partial charge on any atom is -0.422 e. The molecule has 0 aliphatic heterocycles. The summed E-state index contributed by atoms with van der Waals surface area (Å²) in [4.78, 5) is 6.67. The summed E-state index contributed by atoms with van der Waals surface area (Å²) < 4.78 is 0.330. The minimum absolute atomic E-state index is 0.132. The van der Waals surface area contributed by atoms with Crippen molar-refractivity contribution in [3.8, 4) is 0 Å². The fraction of sp³-hybridized carbons (Fsp3) is 0. The van der Waals surface area contributed by atoms with Crippen molar-refractivity contribution in [1.82, 2.24) is 14.7 Å². The molecule has 0 saturated carbocycles. The second-order valence-corrected chi connectivity index (χ2v) is 1.58. The highest BCUT2D eigenvalue weighted by atomic mass is 16.5. The maximum Gasteiger partial charge on any atom is 0.262 e. The number of nitrogens with two attached hydrogens (primary N) is 2. The smallest absolute Gasteiger partial charge is 0.262 e. The van der Waals surface area contributed by atoms with E-state index in [1.807, 2.05) is 0 Å². The maximum atomic E-state index is 8.75. The molecular formula is C3H6N6O. The van der Waals surface area contributed by atoms with E-state index in [1.165, 1.54) is 0 Å². The van der Waals surface area contributed by atoms with E-state index in [4.69, 9.17) is 22.1 Å². The molecule has 0 bridgehead atoms. The topological polar surface area (TPSA) is 127 Å². The molecule has 1 aromatic rings. The molecule has 0 aliphatic rings. The molecule has 1 heterocycles. The summed E-state index contributed by atoms with van der Waals surface area (Å²) in [6.45, 7) is 0. The van der Waals surface area contributed by atoms with E-state index in [0.29, 0.717) is 4.73 Å². The molecule has 1 rings (SSSR count). The van der Waals surface area contributed by atoms with Crippen molar-refractivity contribution in [1.29, 1.82) is 5.41 Å². The van der Waals surface area contributed by atoms with Crippen molar-refractivity contribution in [2.45, 2.75) is 0 Å². The van der Waals surface area contributed by atoms with Gasteiger partial charge in [0.2, 0.25) is 11.9 Å². The van der Waals surface area contributed by atoms with Gasteiger partial charge in [-0.2, -0.15) is 9.97 Å². The third-order valence-corrected chi connectivity index (χ3v) is 0.867. The molecule has 0 spiro atoms. The van der Waals surface area contributed by atoms with Crippen molar-refractivity contribution in [2.24, 2.45) is 0 Å². The molecule has 10 heavy (non-hydrogen) atoms. The third-order valence-electron chi connectivity index (χ3n) is 0.867. The number of nitrogens with zero attached hydrogens (tertiary/aromatic N) is 3.